The molecule has 32 heavy (non-hydrogen) atoms. The number of nitrogens with one attached hydrogen (secondary N) is 2. The Labute approximate surface area is 191 Å². The topological polar surface area (TPSA) is 73.9 Å². The van der Waals surface area contributed by atoms with E-state index in [1.165, 1.54) is 70.4 Å². The Bertz CT molecular complexity index is 780. The maximum atomic E-state index is 12.7. The van der Waals surface area contributed by atoms with Gasteiger partial charge in [-0.3, -0.25) is 9.69 Å². The molecule has 3 atom stereocenters. The van der Waals surface area contributed by atoms with Crippen LogP contribution in [0.3, 0.4) is 0 Å². The summed E-state index contributed by atoms with van der Waals surface area (Å²) in [5.74, 6) is 2.35. The van der Waals surface area contributed by atoms with E-state index in [9.17, 15) is 9.59 Å². The van der Waals surface area contributed by atoms with Crippen molar-refractivity contribution in [3.8, 4) is 0 Å². The van der Waals surface area contributed by atoms with E-state index in [-0.39, 0.29) is 30.1 Å². The zero-order valence-electron chi connectivity index (χ0n) is 19.4. The van der Waals surface area contributed by atoms with Crippen molar-refractivity contribution < 1.29 is 14.3 Å². The summed E-state index contributed by atoms with van der Waals surface area (Å²) in [6.45, 7) is 7.94. The van der Waals surface area contributed by atoms with Crippen LogP contribution in [0.15, 0.2) is 23.5 Å². The van der Waals surface area contributed by atoms with Crippen molar-refractivity contribution in [1.29, 1.82) is 0 Å². The number of allylic oxidation sites excluding steroid dienone is 2. The van der Waals surface area contributed by atoms with Crippen molar-refractivity contribution in [3.05, 3.63) is 23.5 Å². The molecule has 0 radical (unpaired) electrons. The summed E-state index contributed by atoms with van der Waals surface area (Å²) in [5, 5.41) is 6.45. The molecule has 176 valence electrons. The molecule has 3 unspecified atom stereocenters. The van der Waals surface area contributed by atoms with Gasteiger partial charge in [0.1, 0.15) is 5.76 Å². The van der Waals surface area contributed by atoms with Crippen LogP contribution in [0.1, 0.15) is 58.3 Å². The van der Waals surface area contributed by atoms with Gasteiger partial charge in [0.05, 0.1) is 12.1 Å². The van der Waals surface area contributed by atoms with Gasteiger partial charge in [-0.1, -0.05) is 6.08 Å². The van der Waals surface area contributed by atoms with Crippen molar-refractivity contribution >= 4 is 12.0 Å². The quantitative estimate of drug-likeness (QED) is 0.685. The Morgan fingerprint density at radius 1 is 1.09 bits per heavy atom. The first-order chi connectivity index (χ1) is 15.6. The molecule has 7 nitrogen and oxygen atoms in total. The fourth-order valence-corrected chi connectivity index (χ4v) is 6.32. The second kappa shape index (κ2) is 9.56. The van der Waals surface area contributed by atoms with Crippen LogP contribution in [0.2, 0.25) is 0 Å². The second-order valence-corrected chi connectivity index (χ2v) is 10.3. The van der Waals surface area contributed by atoms with E-state index in [1.807, 2.05) is 11.8 Å². The fourth-order valence-electron chi connectivity index (χ4n) is 6.32. The molecule has 4 saturated heterocycles. The molecule has 0 aromatic carbocycles. The predicted octanol–water partition coefficient (Wildman–Crippen LogP) is 2.79. The maximum absolute atomic E-state index is 12.7. The molecule has 4 fully saturated rings. The SMILES string of the molecule is CC1NC(=O)CCC1N1C(=O)OC2=CC(C3CCN(CCC4CCNCC4)CC3)=CCC21. The molecular formula is C25H38N4O3. The molecule has 5 aliphatic rings. The van der Waals surface area contributed by atoms with Crippen molar-refractivity contribution in [2.75, 3.05) is 32.7 Å². The maximum Gasteiger partial charge on any atom is 0.415 e. The summed E-state index contributed by atoms with van der Waals surface area (Å²) < 4.78 is 5.73. The number of ether oxygens (including phenoxy) is 1. The first kappa shape index (κ1) is 22.0. The molecule has 4 heterocycles. The van der Waals surface area contributed by atoms with Crippen LogP contribution in [0.5, 0.6) is 0 Å². The highest BCUT2D eigenvalue weighted by atomic mass is 16.6. The second-order valence-electron chi connectivity index (χ2n) is 10.3. The summed E-state index contributed by atoms with van der Waals surface area (Å²) in [5.41, 5.74) is 1.36. The Balaban J connectivity index is 1.14. The smallest absolute Gasteiger partial charge is 0.412 e. The lowest BCUT2D eigenvalue weighted by molar-refractivity contribution is -0.124. The number of piperidine rings is 3. The van der Waals surface area contributed by atoms with E-state index < -0.39 is 0 Å². The third-order valence-corrected chi connectivity index (χ3v) is 8.33. The van der Waals surface area contributed by atoms with Gasteiger partial charge in [0.25, 0.3) is 0 Å². The number of rotatable bonds is 5. The summed E-state index contributed by atoms with van der Waals surface area (Å²) in [6, 6.07) is -0.0456. The first-order valence-electron chi connectivity index (χ1n) is 12.7. The van der Waals surface area contributed by atoms with Crippen molar-refractivity contribution in [2.45, 2.75) is 76.4 Å². The van der Waals surface area contributed by atoms with Gasteiger partial charge in [0, 0.05) is 12.5 Å². The number of carbonyl (C=O) groups is 2. The summed E-state index contributed by atoms with van der Waals surface area (Å²) >= 11 is 0. The van der Waals surface area contributed by atoms with Gasteiger partial charge in [-0.25, -0.2) is 4.79 Å². The monoisotopic (exact) mass is 442 g/mol. The van der Waals surface area contributed by atoms with Crippen molar-refractivity contribution in [2.24, 2.45) is 11.8 Å². The van der Waals surface area contributed by atoms with Gasteiger partial charge in [0.15, 0.2) is 0 Å². The van der Waals surface area contributed by atoms with Crippen LogP contribution in [-0.2, 0) is 9.53 Å². The highest BCUT2D eigenvalue weighted by Crippen LogP contribution is 2.38. The van der Waals surface area contributed by atoms with Gasteiger partial charge in [-0.2, -0.15) is 0 Å². The third-order valence-electron chi connectivity index (χ3n) is 8.33. The number of fused-ring (bicyclic) bond motifs is 1. The number of nitrogens with zero attached hydrogens (tertiary/aromatic N) is 2. The molecule has 0 spiro atoms. The van der Waals surface area contributed by atoms with Crippen LogP contribution in [0.25, 0.3) is 0 Å². The zero-order chi connectivity index (χ0) is 22.1. The van der Waals surface area contributed by atoms with Crippen molar-refractivity contribution in [3.63, 3.8) is 0 Å². The van der Waals surface area contributed by atoms with Gasteiger partial charge in [-0.05, 0) is 108 Å². The molecular weight excluding hydrogens is 404 g/mol. The minimum Gasteiger partial charge on any atom is -0.412 e. The Kier molecular flexibility index (Phi) is 6.56. The molecule has 2 N–H and O–H groups in total. The van der Waals surface area contributed by atoms with E-state index in [4.69, 9.17) is 4.74 Å². The molecule has 0 saturated carbocycles. The molecule has 1 aliphatic carbocycles. The summed E-state index contributed by atoms with van der Waals surface area (Å²) in [4.78, 5) is 28.9. The average molecular weight is 443 g/mol. The molecule has 7 heteroatoms. The van der Waals surface area contributed by atoms with E-state index in [0.717, 1.165) is 18.1 Å². The minimum absolute atomic E-state index is 0.00855. The lowest BCUT2D eigenvalue weighted by Gasteiger charge is -2.38. The highest BCUT2D eigenvalue weighted by Gasteiger charge is 2.46. The van der Waals surface area contributed by atoms with Gasteiger partial charge >= 0.3 is 6.09 Å². The molecule has 5 rings (SSSR count). The average Bonchev–Trinajstić information content (AvgIpc) is 3.13. The van der Waals surface area contributed by atoms with Crippen LogP contribution in [0.4, 0.5) is 4.79 Å². The zero-order valence-corrected chi connectivity index (χ0v) is 19.4. The van der Waals surface area contributed by atoms with Crippen LogP contribution in [0, 0.1) is 11.8 Å². The highest BCUT2D eigenvalue weighted by molar-refractivity contribution is 5.79. The number of hydrogen-bond acceptors (Lipinski definition) is 5. The molecule has 0 aromatic rings. The van der Waals surface area contributed by atoms with E-state index in [2.05, 4.69) is 27.7 Å². The lowest BCUT2D eigenvalue weighted by atomic mass is 9.84. The van der Waals surface area contributed by atoms with Gasteiger partial charge in [-0.15, -0.1) is 0 Å². The van der Waals surface area contributed by atoms with E-state index in [0.29, 0.717) is 18.8 Å². The van der Waals surface area contributed by atoms with Crippen LogP contribution < -0.4 is 10.6 Å². The molecule has 4 aliphatic heterocycles. The van der Waals surface area contributed by atoms with E-state index in [1.54, 1.807) is 0 Å². The lowest BCUT2D eigenvalue weighted by Crippen LogP contribution is -2.56. The normalized spacial score (nSPS) is 32.8. The number of hydrogen-bond donors (Lipinski definition) is 2. The predicted molar refractivity (Wildman–Crippen MR) is 123 cm³/mol. The van der Waals surface area contributed by atoms with Crippen LogP contribution >= 0.6 is 0 Å². The number of amides is 2. The van der Waals surface area contributed by atoms with Crippen molar-refractivity contribution in [1.82, 2.24) is 20.4 Å². The van der Waals surface area contributed by atoms with Gasteiger partial charge in [0.2, 0.25) is 5.91 Å². The first-order valence-corrected chi connectivity index (χ1v) is 12.7. The number of likely N-dealkylation sites (tertiary alicyclic amines) is 1. The fraction of sp³-hybridized carbons (Fsp3) is 0.760. The van der Waals surface area contributed by atoms with Gasteiger partial charge < -0.3 is 20.3 Å². The number of carbonyl (C=O) groups excluding carboxylic acids is 2. The molecule has 2 amide bonds. The van der Waals surface area contributed by atoms with E-state index >= 15 is 0 Å². The largest absolute Gasteiger partial charge is 0.415 e. The molecule has 0 aromatic heterocycles. The minimum atomic E-state index is -0.253. The Hall–Kier alpha value is -1.86. The standard InChI is InChI=1S/C25H38N4O3/c1-17-21(4-5-24(30)27-17)29-22-3-2-20(16-23(22)32-25(29)31)19-9-14-28(15-10-19)13-8-18-6-11-26-12-7-18/h2,16-19,21-22,26H,3-15H2,1H3,(H,27,30). The third kappa shape index (κ3) is 4.60. The van der Waals surface area contributed by atoms with Crippen LogP contribution in [-0.4, -0.2) is 72.6 Å². The Morgan fingerprint density at radius 3 is 2.62 bits per heavy atom. The summed E-state index contributed by atoms with van der Waals surface area (Å²) in [7, 11) is 0. The summed E-state index contributed by atoms with van der Waals surface area (Å²) in [6.07, 6.45) is 12.6. The molecule has 0 bridgehead atoms. The Morgan fingerprint density at radius 2 is 1.88 bits per heavy atom.